The molecule has 0 radical (unpaired) electrons. The van der Waals surface area contributed by atoms with Gasteiger partial charge in [0, 0.05) is 43.5 Å². The normalized spacial score (nSPS) is 14.5. The predicted molar refractivity (Wildman–Crippen MR) is 89.3 cm³/mol. The summed E-state index contributed by atoms with van der Waals surface area (Å²) >= 11 is 0. The summed E-state index contributed by atoms with van der Waals surface area (Å²) in [4.78, 5) is 26.5. The number of piperazine rings is 1. The van der Waals surface area contributed by atoms with Crippen molar-refractivity contribution in [3.05, 3.63) is 64.2 Å². The smallest absolute Gasteiger partial charge is 0.312 e. The second-order valence-corrected chi connectivity index (χ2v) is 5.58. The highest BCUT2D eigenvalue weighted by atomic mass is 16.6. The third-order valence-electron chi connectivity index (χ3n) is 4.11. The molecule has 7 nitrogen and oxygen atoms in total. The van der Waals surface area contributed by atoms with Gasteiger partial charge >= 0.3 is 5.69 Å². The summed E-state index contributed by atoms with van der Waals surface area (Å²) in [6.45, 7) is 2.26. The number of anilines is 1. The number of hydrogen-bond donors (Lipinski definition) is 1. The molecular weight excluding hydrogens is 310 g/mol. The molecule has 0 saturated carbocycles. The molecule has 0 aliphatic carbocycles. The lowest BCUT2D eigenvalue weighted by atomic mass is 10.1. The van der Waals surface area contributed by atoms with Gasteiger partial charge in [-0.3, -0.25) is 14.9 Å². The molecule has 1 N–H and O–H groups in total. The lowest BCUT2D eigenvalue weighted by Gasteiger charge is -2.36. The first-order valence-corrected chi connectivity index (χ1v) is 7.63. The first-order chi connectivity index (χ1) is 11.6. The van der Waals surface area contributed by atoms with E-state index < -0.39 is 4.92 Å². The van der Waals surface area contributed by atoms with Crippen molar-refractivity contribution < 1.29 is 14.8 Å². The zero-order valence-electron chi connectivity index (χ0n) is 13.0. The molecular formula is C17H17N3O4. The van der Waals surface area contributed by atoms with Crippen molar-refractivity contribution in [1.29, 1.82) is 0 Å². The Labute approximate surface area is 138 Å². The Morgan fingerprint density at radius 3 is 2.33 bits per heavy atom. The minimum Gasteiger partial charge on any atom is -0.502 e. The monoisotopic (exact) mass is 327 g/mol. The van der Waals surface area contributed by atoms with Gasteiger partial charge in [0.1, 0.15) is 0 Å². The molecule has 0 atom stereocenters. The zero-order chi connectivity index (χ0) is 17.1. The number of carbonyl (C=O) groups excluding carboxylic acids is 1. The van der Waals surface area contributed by atoms with Gasteiger partial charge in [0.2, 0.25) is 0 Å². The Bertz CT molecular complexity index is 756. The minimum atomic E-state index is -0.603. The van der Waals surface area contributed by atoms with Crippen LogP contribution in [-0.4, -0.2) is 47.0 Å². The molecule has 1 amide bonds. The summed E-state index contributed by atoms with van der Waals surface area (Å²) in [5.41, 5.74) is 1.02. The maximum atomic E-state index is 12.4. The van der Waals surface area contributed by atoms with E-state index in [1.807, 2.05) is 23.1 Å². The van der Waals surface area contributed by atoms with Crippen molar-refractivity contribution in [1.82, 2.24) is 4.90 Å². The van der Waals surface area contributed by atoms with E-state index >= 15 is 0 Å². The van der Waals surface area contributed by atoms with Gasteiger partial charge in [-0.2, -0.15) is 0 Å². The number of rotatable bonds is 3. The van der Waals surface area contributed by atoms with Crippen LogP contribution in [-0.2, 0) is 0 Å². The molecule has 2 aromatic carbocycles. The molecule has 124 valence electrons. The summed E-state index contributed by atoms with van der Waals surface area (Å²) in [6.07, 6.45) is 0. The number of nitro groups is 1. The number of phenolic OH excluding ortho intramolecular Hbond substituents is 1. The van der Waals surface area contributed by atoms with E-state index in [-0.39, 0.29) is 17.3 Å². The number of nitro benzene ring substituents is 1. The summed E-state index contributed by atoms with van der Waals surface area (Å²) < 4.78 is 0. The Kier molecular flexibility index (Phi) is 4.33. The van der Waals surface area contributed by atoms with E-state index in [2.05, 4.69) is 0 Å². The molecule has 1 aliphatic rings. The first-order valence-electron chi connectivity index (χ1n) is 7.63. The average molecular weight is 327 g/mol. The maximum absolute atomic E-state index is 12.4. The van der Waals surface area contributed by atoms with Crippen LogP contribution in [0.15, 0.2) is 48.5 Å². The molecule has 1 saturated heterocycles. The number of carbonyl (C=O) groups is 1. The Morgan fingerprint density at radius 2 is 1.71 bits per heavy atom. The lowest BCUT2D eigenvalue weighted by Crippen LogP contribution is -2.48. The molecule has 1 aliphatic heterocycles. The van der Waals surface area contributed by atoms with Crippen LogP contribution >= 0.6 is 0 Å². The van der Waals surface area contributed by atoms with Crippen molar-refractivity contribution in [2.24, 2.45) is 0 Å². The number of amides is 1. The number of aromatic hydroxyl groups is 1. The van der Waals surface area contributed by atoms with Crippen molar-refractivity contribution in [3.63, 3.8) is 0 Å². The fourth-order valence-electron chi connectivity index (χ4n) is 2.79. The Morgan fingerprint density at radius 1 is 1.04 bits per heavy atom. The zero-order valence-corrected chi connectivity index (χ0v) is 13.0. The number of phenols is 1. The topological polar surface area (TPSA) is 86.9 Å². The quantitative estimate of drug-likeness (QED) is 0.690. The van der Waals surface area contributed by atoms with E-state index in [9.17, 15) is 20.0 Å². The van der Waals surface area contributed by atoms with Crippen LogP contribution in [0.2, 0.25) is 0 Å². The highest BCUT2D eigenvalue weighted by molar-refractivity contribution is 5.94. The van der Waals surface area contributed by atoms with Gasteiger partial charge in [-0.15, -0.1) is 0 Å². The second-order valence-electron chi connectivity index (χ2n) is 5.58. The second kappa shape index (κ2) is 6.57. The van der Waals surface area contributed by atoms with E-state index in [0.29, 0.717) is 37.4 Å². The Hall–Kier alpha value is -3.09. The summed E-state index contributed by atoms with van der Waals surface area (Å²) in [5, 5.41) is 20.5. The van der Waals surface area contributed by atoms with Gasteiger partial charge in [-0.05, 0) is 24.3 Å². The molecule has 0 bridgehead atoms. The molecule has 1 heterocycles. The van der Waals surface area contributed by atoms with Crippen molar-refractivity contribution >= 4 is 17.3 Å². The maximum Gasteiger partial charge on any atom is 0.312 e. The third-order valence-corrected chi connectivity index (χ3v) is 4.11. The van der Waals surface area contributed by atoms with E-state index in [1.165, 1.54) is 12.1 Å². The summed E-state index contributed by atoms with van der Waals surface area (Å²) in [7, 11) is 0. The number of hydrogen-bond acceptors (Lipinski definition) is 5. The van der Waals surface area contributed by atoms with Gasteiger partial charge in [0.15, 0.2) is 5.75 Å². The fraction of sp³-hybridized carbons (Fsp3) is 0.235. The lowest BCUT2D eigenvalue weighted by molar-refractivity contribution is -0.385. The molecule has 0 unspecified atom stereocenters. The van der Waals surface area contributed by atoms with Gasteiger partial charge in [-0.25, -0.2) is 0 Å². The number of benzene rings is 2. The molecule has 0 aromatic heterocycles. The minimum absolute atomic E-state index is 0.00747. The average Bonchev–Trinajstić information content (AvgIpc) is 2.62. The predicted octanol–water partition coefficient (Wildman–Crippen LogP) is 2.26. The molecule has 7 heteroatoms. The van der Waals surface area contributed by atoms with Gasteiger partial charge < -0.3 is 14.9 Å². The third kappa shape index (κ3) is 3.15. The molecule has 0 spiro atoms. The van der Waals surface area contributed by atoms with Crippen molar-refractivity contribution in [2.75, 3.05) is 31.1 Å². The molecule has 2 aromatic rings. The number of nitrogens with zero attached hydrogens (tertiary/aromatic N) is 3. The van der Waals surface area contributed by atoms with Gasteiger partial charge in [0.05, 0.1) is 4.92 Å². The standard InChI is InChI=1S/C17H17N3O4/c21-16-7-6-14(12-15(16)20(23)24)18-8-10-19(11-9-18)17(22)13-4-2-1-3-5-13/h1-7,12,21H,8-11H2. The Balaban J connectivity index is 1.68. The van der Waals surface area contributed by atoms with Crippen LogP contribution < -0.4 is 4.90 Å². The molecule has 3 rings (SSSR count). The fourth-order valence-corrected chi connectivity index (χ4v) is 2.79. The largest absolute Gasteiger partial charge is 0.502 e. The van der Waals surface area contributed by atoms with Crippen molar-refractivity contribution in [3.8, 4) is 5.75 Å². The highest BCUT2D eigenvalue weighted by Crippen LogP contribution is 2.30. The van der Waals surface area contributed by atoms with E-state index in [0.717, 1.165) is 0 Å². The van der Waals surface area contributed by atoms with Gasteiger partial charge in [-0.1, -0.05) is 18.2 Å². The van der Waals surface area contributed by atoms with E-state index in [4.69, 9.17) is 0 Å². The van der Waals surface area contributed by atoms with Crippen LogP contribution in [0.1, 0.15) is 10.4 Å². The van der Waals surface area contributed by atoms with Crippen LogP contribution in [0, 0.1) is 10.1 Å². The van der Waals surface area contributed by atoms with Crippen LogP contribution in [0.4, 0.5) is 11.4 Å². The summed E-state index contributed by atoms with van der Waals surface area (Å²) in [6, 6.07) is 13.5. The SMILES string of the molecule is O=C(c1ccccc1)N1CCN(c2ccc(O)c([N+](=O)[O-])c2)CC1. The van der Waals surface area contributed by atoms with E-state index in [1.54, 1.807) is 23.1 Å². The van der Waals surface area contributed by atoms with Crippen LogP contribution in [0.25, 0.3) is 0 Å². The molecule has 24 heavy (non-hydrogen) atoms. The van der Waals surface area contributed by atoms with Gasteiger partial charge in [0.25, 0.3) is 5.91 Å². The van der Waals surface area contributed by atoms with Crippen LogP contribution in [0.3, 0.4) is 0 Å². The molecule has 1 fully saturated rings. The highest BCUT2D eigenvalue weighted by Gasteiger charge is 2.24. The first kappa shape index (κ1) is 15.8. The van der Waals surface area contributed by atoms with Crippen molar-refractivity contribution in [2.45, 2.75) is 0 Å². The summed E-state index contributed by atoms with van der Waals surface area (Å²) in [5.74, 6) is -0.353. The van der Waals surface area contributed by atoms with Crippen LogP contribution in [0.5, 0.6) is 5.75 Å².